The van der Waals surface area contributed by atoms with Gasteiger partial charge in [0.25, 0.3) is 0 Å². The molecule has 2 heterocycles. The monoisotopic (exact) mass is 274 g/mol. The lowest BCUT2D eigenvalue weighted by molar-refractivity contribution is -0.118. The summed E-state index contributed by atoms with van der Waals surface area (Å²) < 4.78 is 0. The molecule has 0 spiro atoms. The van der Waals surface area contributed by atoms with E-state index in [4.69, 9.17) is 5.73 Å². The molecule has 0 aliphatic carbocycles. The number of likely N-dealkylation sites (N-methyl/N-ethyl adjacent to an activating group) is 2. The van der Waals surface area contributed by atoms with E-state index in [-0.39, 0.29) is 5.91 Å². The van der Waals surface area contributed by atoms with Crippen LogP contribution >= 0.6 is 0 Å². The molecule has 1 aromatic rings. The van der Waals surface area contributed by atoms with E-state index in [9.17, 15) is 4.79 Å². The van der Waals surface area contributed by atoms with Crippen molar-refractivity contribution in [1.82, 2.24) is 4.90 Å². The Morgan fingerprint density at radius 2 is 1.95 bits per heavy atom. The molecule has 1 aromatic carbocycles. The van der Waals surface area contributed by atoms with Crippen LogP contribution in [0.2, 0.25) is 0 Å². The van der Waals surface area contributed by atoms with Gasteiger partial charge in [-0.05, 0) is 18.7 Å². The Hall–Kier alpha value is -1.59. The standard InChI is InChI=1S/C15H22N4O/c1-3-18-6-8-19(9-7-18)11-4-5-12-13(10-11)17(2)15(20)14(12)16/h4-5,10,14H,3,6-9,16H2,1-2H3. The fourth-order valence-electron chi connectivity index (χ4n) is 3.06. The number of nitrogens with two attached hydrogens (primary N) is 1. The van der Waals surface area contributed by atoms with Crippen LogP contribution in [0.5, 0.6) is 0 Å². The molecule has 3 rings (SSSR count). The number of benzene rings is 1. The molecule has 5 nitrogen and oxygen atoms in total. The van der Waals surface area contributed by atoms with Crippen LogP contribution < -0.4 is 15.5 Å². The Balaban J connectivity index is 1.82. The van der Waals surface area contributed by atoms with Gasteiger partial charge in [0, 0.05) is 44.5 Å². The lowest BCUT2D eigenvalue weighted by atomic mass is 10.1. The van der Waals surface area contributed by atoms with Crippen LogP contribution in [0.25, 0.3) is 0 Å². The largest absolute Gasteiger partial charge is 0.369 e. The molecule has 108 valence electrons. The van der Waals surface area contributed by atoms with Gasteiger partial charge in [-0.2, -0.15) is 0 Å². The van der Waals surface area contributed by atoms with Crippen molar-refractivity contribution in [3.05, 3.63) is 23.8 Å². The maximum absolute atomic E-state index is 11.9. The Kier molecular flexibility index (Phi) is 3.40. The molecular weight excluding hydrogens is 252 g/mol. The van der Waals surface area contributed by atoms with E-state index in [0.717, 1.165) is 44.0 Å². The minimum Gasteiger partial charge on any atom is -0.369 e. The first-order chi connectivity index (χ1) is 9.61. The zero-order valence-corrected chi connectivity index (χ0v) is 12.2. The van der Waals surface area contributed by atoms with E-state index in [1.165, 1.54) is 5.69 Å². The van der Waals surface area contributed by atoms with E-state index in [2.05, 4.69) is 28.9 Å². The number of rotatable bonds is 2. The number of carbonyl (C=O) groups is 1. The molecule has 5 heteroatoms. The summed E-state index contributed by atoms with van der Waals surface area (Å²) in [6.07, 6.45) is 0. The molecular formula is C15H22N4O. The normalized spacial score (nSPS) is 23.4. The van der Waals surface area contributed by atoms with E-state index in [1.807, 2.05) is 6.07 Å². The van der Waals surface area contributed by atoms with Crippen molar-refractivity contribution < 1.29 is 4.79 Å². The first kappa shape index (κ1) is 13.4. The molecule has 2 N–H and O–H groups in total. The summed E-state index contributed by atoms with van der Waals surface area (Å²) in [7, 11) is 1.80. The summed E-state index contributed by atoms with van der Waals surface area (Å²) in [6.45, 7) is 7.59. The summed E-state index contributed by atoms with van der Waals surface area (Å²) in [5, 5.41) is 0. The molecule has 0 saturated carbocycles. The van der Waals surface area contributed by atoms with Crippen molar-refractivity contribution in [2.75, 3.05) is 49.6 Å². The second kappa shape index (κ2) is 5.07. The molecule has 1 amide bonds. The van der Waals surface area contributed by atoms with Gasteiger partial charge in [0.2, 0.25) is 5.91 Å². The Labute approximate surface area is 119 Å². The number of anilines is 2. The van der Waals surface area contributed by atoms with Gasteiger partial charge >= 0.3 is 0 Å². The Morgan fingerprint density at radius 1 is 1.25 bits per heavy atom. The van der Waals surface area contributed by atoms with Gasteiger partial charge in [0.05, 0.1) is 5.69 Å². The average molecular weight is 274 g/mol. The van der Waals surface area contributed by atoms with Gasteiger partial charge in [-0.25, -0.2) is 0 Å². The van der Waals surface area contributed by atoms with Crippen LogP contribution in [0.3, 0.4) is 0 Å². The summed E-state index contributed by atoms with van der Waals surface area (Å²) in [5.74, 6) is -0.0204. The van der Waals surface area contributed by atoms with Crippen molar-refractivity contribution in [2.24, 2.45) is 5.73 Å². The summed E-state index contributed by atoms with van der Waals surface area (Å²) in [5.41, 5.74) is 9.02. The fourth-order valence-corrected chi connectivity index (χ4v) is 3.06. The maximum atomic E-state index is 11.9. The predicted octanol–water partition coefficient (Wildman–Crippen LogP) is 0.805. The lowest BCUT2D eigenvalue weighted by Crippen LogP contribution is -2.46. The van der Waals surface area contributed by atoms with Gasteiger partial charge in [-0.15, -0.1) is 0 Å². The third-order valence-electron chi connectivity index (χ3n) is 4.49. The predicted molar refractivity (Wildman–Crippen MR) is 81.1 cm³/mol. The minimum absolute atomic E-state index is 0.0204. The first-order valence-electron chi connectivity index (χ1n) is 7.26. The highest BCUT2D eigenvalue weighted by Gasteiger charge is 2.32. The van der Waals surface area contributed by atoms with Crippen LogP contribution in [0.4, 0.5) is 11.4 Å². The number of hydrogen-bond donors (Lipinski definition) is 1. The zero-order valence-electron chi connectivity index (χ0n) is 12.2. The molecule has 2 aliphatic heterocycles. The van der Waals surface area contributed by atoms with Crippen LogP contribution in [-0.2, 0) is 4.79 Å². The van der Waals surface area contributed by atoms with Crippen LogP contribution in [0.15, 0.2) is 18.2 Å². The first-order valence-corrected chi connectivity index (χ1v) is 7.26. The molecule has 0 aromatic heterocycles. The highest BCUT2D eigenvalue weighted by molar-refractivity contribution is 6.04. The number of amides is 1. The van der Waals surface area contributed by atoms with Gasteiger partial charge < -0.3 is 20.4 Å². The second-order valence-electron chi connectivity index (χ2n) is 5.54. The third kappa shape index (κ3) is 2.07. The molecule has 0 radical (unpaired) electrons. The number of nitrogens with zero attached hydrogens (tertiary/aromatic N) is 3. The van der Waals surface area contributed by atoms with Gasteiger partial charge in [-0.1, -0.05) is 13.0 Å². The maximum Gasteiger partial charge on any atom is 0.248 e. The highest BCUT2D eigenvalue weighted by Crippen LogP contribution is 2.36. The number of hydrogen-bond acceptors (Lipinski definition) is 4. The van der Waals surface area contributed by atoms with Crippen LogP contribution in [-0.4, -0.2) is 50.6 Å². The molecule has 1 fully saturated rings. The Morgan fingerprint density at radius 3 is 2.60 bits per heavy atom. The van der Waals surface area contributed by atoms with Crippen molar-refractivity contribution >= 4 is 17.3 Å². The summed E-state index contributed by atoms with van der Waals surface area (Å²) in [6, 6.07) is 5.69. The highest BCUT2D eigenvalue weighted by atomic mass is 16.2. The molecule has 20 heavy (non-hydrogen) atoms. The molecule has 1 atom stereocenters. The lowest BCUT2D eigenvalue weighted by Gasteiger charge is -2.35. The summed E-state index contributed by atoms with van der Waals surface area (Å²) >= 11 is 0. The number of carbonyl (C=O) groups excluding carboxylic acids is 1. The van der Waals surface area contributed by atoms with Crippen molar-refractivity contribution in [2.45, 2.75) is 13.0 Å². The number of piperazine rings is 1. The fraction of sp³-hybridized carbons (Fsp3) is 0.533. The van der Waals surface area contributed by atoms with Crippen molar-refractivity contribution in [3.8, 4) is 0 Å². The third-order valence-corrected chi connectivity index (χ3v) is 4.49. The minimum atomic E-state index is -0.499. The SMILES string of the molecule is CCN1CCN(c2ccc3c(c2)N(C)C(=O)C3N)CC1. The van der Waals surface area contributed by atoms with Crippen molar-refractivity contribution in [1.29, 1.82) is 0 Å². The number of fused-ring (bicyclic) bond motifs is 1. The van der Waals surface area contributed by atoms with Gasteiger partial charge in [0.15, 0.2) is 0 Å². The zero-order chi connectivity index (χ0) is 14.3. The second-order valence-corrected chi connectivity index (χ2v) is 5.54. The van der Waals surface area contributed by atoms with E-state index >= 15 is 0 Å². The molecule has 1 saturated heterocycles. The van der Waals surface area contributed by atoms with Crippen molar-refractivity contribution in [3.63, 3.8) is 0 Å². The van der Waals surface area contributed by atoms with Crippen LogP contribution in [0, 0.1) is 0 Å². The van der Waals surface area contributed by atoms with E-state index in [0.29, 0.717) is 0 Å². The topological polar surface area (TPSA) is 52.8 Å². The van der Waals surface area contributed by atoms with Gasteiger partial charge in [0.1, 0.15) is 6.04 Å². The smallest absolute Gasteiger partial charge is 0.248 e. The van der Waals surface area contributed by atoms with E-state index in [1.54, 1.807) is 11.9 Å². The van der Waals surface area contributed by atoms with Crippen LogP contribution in [0.1, 0.15) is 18.5 Å². The summed E-state index contributed by atoms with van der Waals surface area (Å²) in [4.78, 5) is 18.4. The molecule has 0 bridgehead atoms. The molecule has 1 unspecified atom stereocenters. The quantitative estimate of drug-likeness (QED) is 0.867. The Bertz CT molecular complexity index is 523. The van der Waals surface area contributed by atoms with E-state index < -0.39 is 6.04 Å². The molecule has 2 aliphatic rings. The van der Waals surface area contributed by atoms with Gasteiger partial charge in [-0.3, -0.25) is 4.79 Å². The average Bonchev–Trinajstić information content (AvgIpc) is 2.72.